The van der Waals surface area contributed by atoms with E-state index in [0.717, 1.165) is 0 Å². The van der Waals surface area contributed by atoms with Crippen molar-refractivity contribution in [3.8, 4) is 0 Å². The largest absolute Gasteiger partial charge is 0.459 e. The molecule has 2 aliphatic rings. The van der Waals surface area contributed by atoms with E-state index in [-0.39, 0.29) is 30.9 Å². The SMILES string of the molecule is CC[C@H]1OC(=O)[C@H](C)[C@@H](O)[C@H](C)[C@@H](O[C@@H]2O[C@H](C)C[C@H](N(C)C)[C@H]2OC(C)=O)[C@@](C)(O)C[C@@H](C)CN(C)[C@H](C)[C@@H](O)[C@]1(C)O. The van der Waals surface area contributed by atoms with Gasteiger partial charge in [0.15, 0.2) is 12.4 Å². The van der Waals surface area contributed by atoms with Crippen molar-refractivity contribution in [1.29, 1.82) is 0 Å². The average molecular weight is 633 g/mol. The highest BCUT2D eigenvalue weighted by atomic mass is 16.7. The van der Waals surface area contributed by atoms with E-state index in [9.17, 15) is 30.0 Å². The highest BCUT2D eigenvalue weighted by Crippen LogP contribution is 2.37. The van der Waals surface area contributed by atoms with E-state index in [4.69, 9.17) is 18.9 Å². The van der Waals surface area contributed by atoms with Crippen molar-refractivity contribution in [1.82, 2.24) is 9.80 Å². The van der Waals surface area contributed by atoms with Crippen LogP contribution in [0.15, 0.2) is 0 Å². The molecule has 258 valence electrons. The third-order valence-electron chi connectivity index (χ3n) is 9.74. The Kier molecular flexibility index (Phi) is 13.6. The molecule has 2 saturated heterocycles. The lowest BCUT2D eigenvalue weighted by molar-refractivity contribution is -0.301. The number of ether oxygens (including phenoxy) is 4. The first-order chi connectivity index (χ1) is 20.1. The molecule has 0 unspecified atom stereocenters. The normalized spacial score (nSPS) is 45.7. The van der Waals surface area contributed by atoms with Gasteiger partial charge in [0.1, 0.15) is 17.8 Å². The van der Waals surface area contributed by atoms with Gasteiger partial charge in [-0.2, -0.15) is 0 Å². The summed E-state index contributed by atoms with van der Waals surface area (Å²) in [5.74, 6) is -3.26. The van der Waals surface area contributed by atoms with Crippen LogP contribution in [0.4, 0.5) is 0 Å². The number of nitrogens with zero attached hydrogens (tertiary/aromatic N) is 2. The number of carbonyl (C=O) groups excluding carboxylic acids is 2. The Morgan fingerprint density at radius 3 is 2.23 bits per heavy atom. The van der Waals surface area contributed by atoms with Crippen molar-refractivity contribution in [2.45, 2.75) is 148 Å². The number of cyclic esters (lactones) is 1. The third-order valence-corrected chi connectivity index (χ3v) is 9.74. The lowest BCUT2D eigenvalue weighted by Gasteiger charge is -2.47. The molecule has 12 nitrogen and oxygen atoms in total. The van der Waals surface area contributed by atoms with E-state index >= 15 is 0 Å². The molecule has 44 heavy (non-hydrogen) atoms. The highest BCUT2D eigenvalue weighted by molar-refractivity contribution is 5.73. The molecule has 0 aromatic rings. The van der Waals surface area contributed by atoms with Crippen molar-refractivity contribution in [3.05, 3.63) is 0 Å². The summed E-state index contributed by atoms with van der Waals surface area (Å²) in [6.07, 6.45) is -5.74. The van der Waals surface area contributed by atoms with Gasteiger partial charge in [-0.3, -0.25) is 9.59 Å². The fourth-order valence-electron chi connectivity index (χ4n) is 7.04. The van der Waals surface area contributed by atoms with E-state index in [1.165, 1.54) is 20.8 Å². The summed E-state index contributed by atoms with van der Waals surface area (Å²) in [6, 6.07) is -0.748. The number of hydrogen-bond acceptors (Lipinski definition) is 12. The standard InChI is InChI=1S/C32H60N2O10/c1-13-24-32(9,40)27(37)21(6)34(12)16-17(2)15-31(8,39)28(19(4)25(36)20(5)29(38)43-24)44-30-26(42-22(7)35)23(33(10)11)14-18(3)41-30/h17-21,23-28,30,36-37,39-40H,13-16H2,1-12H3/t17-,18-,19+,20-,21-,23+,24-,25+,26-,27-,28-,30+,31+,32-/m1/s1. The molecule has 14 atom stereocenters. The van der Waals surface area contributed by atoms with Crippen LogP contribution in [0.5, 0.6) is 0 Å². The molecule has 0 radical (unpaired) electrons. The summed E-state index contributed by atoms with van der Waals surface area (Å²) >= 11 is 0. The number of aliphatic hydroxyl groups excluding tert-OH is 2. The molecule has 0 bridgehead atoms. The third kappa shape index (κ3) is 9.12. The quantitative estimate of drug-likeness (QED) is 0.325. The molecule has 4 N–H and O–H groups in total. The smallest absolute Gasteiger partial charge is 0.311 e. The monoisotopic (exact) mass is 632 g/mol. The number of aliphatic hydroxyl groups is 4. The van der Waals surface area contributed by atoms with Gasteiger partial charge in [-0.25, -0.2) is 0 Å². The Morgan fingerprint density at radius 1 is 1.11 bits per heavy atom. The predicted molar refractivity (Wildman–Crippen MR) is 164 cm³/mol. The molecule has 0 amide bonds. The summed E-state index contributed by atoms with van der Waals surface area (Å²) in [5, 5.41) is 46.3. The van der Waals surface area contributed by atoms with Crippen LogP contribution in [0.1, 0.15) is 81.6 Å². The highest BCUT2D eigenvalue weighted by Gasteiger charge is 2.50. The van der Waals surface area contributed by atoms with Gasteiger partial charge < -0.3 is 49.2 Å². The van der Waals surface area contributed by atoms with Crippen molar-refractivity contribution < 1.29 is 49.0 Å². The minimum Gasteiger partial charge on any atom is -0.459 e. The predicted octanol–water partition coefficient (Wildman–Crippen LogP) is 1.55. The Bertz CT molecular complexity index is 946. The van der Waals surface area contributed by atoms with Crippen LogP contribution in [-0.4, -0.2) is 136 Å². The molecule has 2 aliphatic heterocycles. The maximum Gasteiger partial charge on any atom is 0.311 e. The zero-order valence-corrected chi connectivity index (χ0v) is 28.9. The molecule has 0 saturated carbocycles. The second kappa shape index (κ2) is 15.5. The second-order valence-corrected chi connectivity index (χ2v) is 14.2. The zero-order valence-electron chi connectivity index (χ0n) is 28.9. The molecular formula is C32H60N2O10. The summed E-state index contributed by atoms with van der Waals surface area (Å²) in [4.78, 5) is 29.4. The van der Waals surface area contributed by atoms with Gasteiger partial charge in [0, 0.05) is 25.4 Å². The Balaban J connectivity index is 2.59. The fraction of sp³-hybridized carbons (Fsp3) is 0.938. The van der Waals surface area contributed by atoms with Gasteiger partial charge in [-0.05, 0) is 80.9 Å². The van der Waals surface area contributed by atoms with Crippen LogP contribution in [-0.2, 0) is 28.5 Å². The number of carbonyl (C=O) groups is 2. The minimum atomic E-state index is -1.77. The van der Waals surface area contributed by atoms with Gasteiger partial charge in [-0.1, -0.05) is 20.8 Å². The lowest BCUT2D eigenvalue weighted by atomic mass is 9.78. The first-order valence-corrected chi connectivity index (χ1v) is 16.0. The number of hydrogen-bond donors (Lipinski definition) is 4. The molecule has 0 aromatic carbocycles. The van der Waals surface area contributed by atoms with Gasteiger partial charge in [0.05, 0.1) is 35.9 Å². The van der Waals surface area contributed by atoms with Crippen molar-refractivity contribution in [3.63, 3.8) is 0 Å². The molecule has 2 rings (SSSR count). The van der Waals surface area contributed by atoms with E-state index in [2.05, 4.69) is 0 Å². The molecule has 12 heteroatoms. The topological polar surface area (TPSA) is 158 Å². The second-order valence-electron chi connectivity index (χ2n) is 14.2. The average Bonchev–Trinajstić information content (AvgIpc) is 2.91. The molecular weight excluding hydrogens is 572 g/mol. The summed E-state index contributed by atoms with van der Waals surface area (Å²) in [7, 11) is 5.59. The molecule has 0 aliphatic carbocycles. The summed E-state index contributed by atoms with van der Waals surface area (Å²) in [5.41, 5.74) is -3.30. The fourth-order valence-corrected chi connectivity index (χ4v) is 7.04. The van der Waals surface area contributed by atoms with Crippen molar-refractivity contribution >= 4 is 11.9 Å². The van der Waals surface area contributed by atoms with Crippen LogP contribution in [0.2, 0.25) is 0 Å². The van der Waals surface area contributed by atoms with E-state index in [0.29, 0.717) is 13.0 Å². The van der Waals surface area contributed by atoms with Crippen molar-refractivity contribution in [2.24, 2.45) is 17.8 Å². The molecule has 0 spiro atoms. The lowest BCUT2D eigenvalue weighted by Crippen LogP contribution is -2.60. The van der Waals surface area contributed by atoms with E-state index in [1.807, 2.05) is 44.8 Å². The van der Waals surface area contributed by atoms with Crippen LogP contribution in [0, 0.1) is 17.8 Å². The maximum atomic E-state index is 13.4. The minimum absolute atomic E-state index is 0.127. The molecule has 2 heterocycles. The number of esters is 2. The van der Waals surface area contributed by atoms with E-state index in [1.54, 1.807) is 27.7 Å². The van der Waals surface area contributed by atoms with Crippen LogP contribution in [0.25, 0.3) is 0 Å². The van der Waals surface area contributed by atoms with Gasteiger partial charge in [-0.15, -0.1) is 0 Å². The van der Waals surface area contributed by atoms with Crippen LogP contribution in [0.3, 0.4) is 0 Å². The van der Waals surface area contributed by atoms with E-state index < -0.39 is 77.8 Å². The van der Waals surface area contributed by atoms with Gasteiger partial charge >= 0.3 is 11.9 Å². The van der Waals surface area contributed by atoms with Crippen LogP contribution >= 0.6 is 0 Å². The maximum absolute atomic E-state index is 13.4. The Labute approximate surface area is 264 Å². The first kappa shape index (κ1) is 38.8. The number of likely N-dealkylation sites (N-methyl/N-ethyl adjacent to an activating group) is 2. The summed E-state index contributed by atoms with van der Waals surface area (Å²) < 4.78 is 24.2. The van der Waals surface area contributed by atoms with Crippen LogP contribution < -0.4 is 0 Å². The summed E-state index contributed by atoms with van der Waals surface area (Å²) in [6.45, 7) is 15.5. The van der Waals surface area contributed by atoms with Gasteiger partial charge in [0.25, 0.3) is 0 Å². The Hall–Kier alpha value is -1.38. The Morgan fingerprint density at radius 2 is 1.70 bits per heavy atom. The number of rotatable bonds is 5. The molecule has 0 aromatic heterocycles. The van der Waals surface area contributed by atoms with Gasteiger partial charge in [0.2, 0.25) is 0 Å². The zero-order chi connectivity index (χ0) is 33.9. The molecule has 2 fully saturated rings. The first-order valence-electron chi connectivity index (χ1n) is 16.0. The van der Waals surface area contributed by atoms with Crippen molar-refractivity contribution in [2.75, 3.05) is 27.7 Å².